The Balaban J connectivity index is 1.87. The summed E-state index contributed by atoms with van der Waals surface area (Å²) in [5.74, 6) is -8.79. The standard InChI is InChI=1S/C53H79N11O14/c1-7-13-37(53(78)64-21-12-16-42(64)51(76)63-44(30(5)8-2)52(77)57-34(26-65)25-43(55)69)58-47(72)38(22-29(3)4)60-48(73)40(24-33-17-19-35(68)20-18-33)61-50(75)41(28-67)62-49(74)39(23-32-14-10-9-11-15-32)59-45(70)31(6)56-46(71)36(54)27-66/h9-11,14-15,17-20,26,29-31,34,36-42,44,66-68H,7-8,12-13,16,21-25,27-28,54H2,1-6H3,(H2,55,69)(H,56,71)(H,57,77)(H,58,72)(H,59,70)(H,60,73)(H,61,75)(H,62,74)(H,63,76)/t30-,31-,34+,36+,37-,38-,39-,40-,41+,42-,44-/m0/s1. The molecule has 25 nitrogen and oxygen atoms in total. The minimum Gasteiger partial charge on any atom is -0.508 e. The summed E-state index contributed by atoms with van der Waals surface area (Å²) in [5, 5.41) is 50.2. The normalized spacial score (nSPS) is 16.9. The molecule has 10 amide bonds. The van der Waals surface area contributed by atoms with Crippen LogP contribution in [-0.4, -0.2) is 166 Å². The first-order valence-electron chi connectivity index (χ1n) is 26.2. The molecule has 1 fully saturated rings. The summed E-state index contributed by atoms with van der Waals surface area (Å²) in [5.41, 5.74) is 11.8. The number of hydrogen-bond donors (Lipinski definition) is 13. The lowest BCUT2D eigenvalue weighted by Gasteiger charge is -2.32. The summed E-state index contributed by atoms with van der Waals surface area (Å²) in [6.07, 6.45) is 1.24. The topological polar surface area (TPSA) is 400 Å². The Morgan fingerprint density at radius 3 is 1.73 bits per heavy atom. The number of benzene rings is 2. The third-order valence-electron chi connectivity index (χ3n) is 13.1. The van der Waals surface area contributed by atoms with Gasteiger partial charge in [-0.05, 0) is 67.7 Å². The highest BCUT2D eigenvalue weighted by Crippen LogP contribution is 2.22. The number of likely N-dealkylation sites (tertiary alicyclic amines) is 1. The zero-order valence-electron chi connectivity index (χ0n) is 45.1. The van der Waals surface area contributed by atoms with Crippen LogP contribution >= 0.6 is 0 Å². The first-order valence-corrected chi connectivity index (χ1v) is 26.2. The van der Waals surface area contributed by atoms with E-state index < -0.39 is 145 Å². The Kier molecular flexibility index (Phi) is 26.8. The van der Waals surface area contributed by atoms with E-state index in [1.54, 1.807) is 65.0 Å². The molecular formula is C53H79N11O14. The number of primary amides is 1. The van der Waals surface area contributed by atoms with Crippen molar-refractivity contribution >= 4 is 65.4 Å². The number of rotatable bonds is 32. The molecule has 1 saturated heterocycles. The van der Waals surface area contributed by atoms with Crippen LogP contribution in [-0.2, 0) is 65.6 Å². The summed E-state index contributed by atoms with van der Waals surface area (Å²) < 4.78 is 0. The fraction of sp³-hybridized carbons (Fsp3) is 0.566. The number of aliphatic hydroxyl groups is 2. The van der Waals surface area contributed by atoms with Gasteiger partial charge in [-0.1, -0.05) is 89.9 Å². The van der Waals surface area contributed by atoms with E-state index in [-0.39, 0.29) is 50.3 Å². The van der Waals surface area contributed by atoms with Crippen LogP contribution in [0.25, 0.3) is 0 Å². The van der Waals surface area contributed by atoms with Gasteiger partial charge in [-0.2, -0.15) is 0 Å². The fourth-order valence-corrected chi connectivity index (χ4v) is 8.51. The summed E-state index contributed by atoms with van der Waals surface area (Å²) in [6.45, 7) is 8.66. The number of nitrogens with one attached hydrogen (secondary N) is 8. The molecule has 25 heteroatoms. The Hall–Kier alpha value is -7.51. The van der Waals surface area contributed by atoms with Gasteiger partial charge in [-0.3, -0.25) is 47.9 Å². The highest BCUT2D eigenvalue weighted by Gasteiger charge is 2.41. The van der Waals surface area contributed by atoms with Crippen molar-refractivity contribution in [1.29, 1.82) is 0 Å². The maximum atomic E-state index is 14.4. The monoisotopic (exact) mass is 1090 g/mol. The maximum Gasteiger partial charge on any atom is 0.245 e. The van der Waals surface area contributed by atoms with Gasteiger partial charge >= 0.3 is 0 Å². The maximum absolute atomic E-state index is 14.4. The number of aldehydes is 1. The van der Waals surface area contributed by atoms with Crippen molar-refractivity contribution in [2.24, 2.45) is 23.3 Å². The summed E-state index contributed by atoms with van der Waals surface area (Å²) >= 11 is 0. The fourth-order valence-electron chi connectivity index (χ4n) is 8.51. The molecule has 78 heavy (non-hydrogen) atoms. The molecule has 11 atom stereocenters. The number of carbonyl (C=O) groups excluding carboxylic acids is 11. The first kappa shape index (κ1) is 64.8. The van der Waals surface area contributed by atoms with Crippen molar-refractivity contribution in [2.75, 3.05) is 19.8 Å². The van der Waals surface area contributed by atoms with Crippen LogP contribution in [0.2, 0.25) is 0 Å². The lowest BCUT2D eigenvalue weighted by molar-refractivity contribution is -0.143. The largest absolute Gasteiger partial charge is 0.508 e. The Morgan fingerprint density at radius 2 is 1.19 bits per heavy atom. The first-order chi connectivity index (χ1) is 37.0. The van der Waals surface area contributed by atoms with Crippen molar-refractivity contribution in [2.45, 2.75) is 160 Å². The molecule has 0 aromatic heterocycles. The van der Waals surface area contributed by atoms with E-state index in [9.17, 15) is 68.1 Å². The Bertz CT molecular complexity index is 2380. The molecule has 3 rings (SSSR count). The van der Waals surface area contributed by atoms with E-state index in [2.05, 4.69) is 42.5 Å². The third-order valence-corrected chi connectivity index (χ3v) is 13.1. The smallest absolute Gasteiger partial charge is 0.245 e. The molecule has 0 unspecified atom stereocenters. The Labute approximate surface area is 453 Å². The van der Waals surface area contributed by atoms with Gasteiger partial charge in [0, 0.05) is 19.4 Å². The van der Waals surface area contributed by atoms with Crippen LogP contribution in [0, 0.1) is 11.8 Å². The zero-order chi connectivity index (χ0) is 58.2. The van der Waals surface area contributed by atoms with Gasteiger partial charge in [0.15, 0.2) is 0 Å². The second-order valence-electron chi connectivity index (χ2n) is 20.0. The number of aromatic hydroxyl groups is 1. The third kappa shape index (κ3) is 20.5. The lowest BCUT2D eigenvalue weighted by Crippen LogP contribution is -2.61. The molecular weight excluding hydrogens is 1010 g/mol. The van der Waals surface area contributed by atoms with E-state index >= 15 is 0 Å². The molecule has 0 aliphatic carbocycles. The van der Waals surface area contributed by atoms with Gasteiger partial charge < -0.3 is 79.0 Å². The molecule has 2 aromatic carbocycles. The minimum atomic E-state index is -1.71. The number of phenolic OH excluding ortho intramolecular Hbond substituents is 1. The molecule has 430 valence electrons. The average molecular weight is 1090 g/mol. The van der Waals surface area contributed by atoms with Crippen LogP contribution in [0.1, 0.15) is 97.6 Å². The summed E-state index contributed by atoms with van der Waals surface area (Å²) in [6, 6.07) is 1.15. The van der Waals surface area contributed by atoms with Gasteiger partial charge in [0.05, 0.1) is 25.7 Å². The van der Waals surface area contributed by atoms with Gasteiger partial charge in [-0.25, -0.2) is 0 Å². The van der Waals surface area contributed by atoms with Crippen LogP contribution in [0.15, 0.2) is 54.6 Å². The molecule has 1 heterocycles. The predicted octanol–water partition coefficient (Wildman–Crippen LogP) is -2.65. The quantitative estimate of drug-likeness (QED) is 0.0333. The predicted molar refractivity (Wildman–Crippen MR) is 284 cm³/mol. The molecule has 0 bridgehead atoms. The second-order valence-corrected chi connectivity index (χ2v) is 20.0. The van der Waals surface area contributed by atoms with E-state index in [0.717, 1.165) is 0 Å². The lowest BCUT2D eigenvalue weighted by atomic mass is 9.97. The minimum absolute atomic E-state index is 0.0447. The summed E-state index contributed by atoms with van der Waals surface area (Å²) in [4.78, 5) is 148. The molecule has 15 N–H and O–H groups in total. The molecule has 2 aromatic rings. The number of hydrogen-bond acceptors (Lipinski definition) is 15. The van der Waals surface area contributed by atoms with Crippen LogP contribution in [0.5, 0.6) is 5.75 Å². The van der Waals surface area contributed by atoms with E-state index in [1.165, 1.54) is 36.1 Å². The highest BCUT2D eigenvalue weighted by atomic mass is 16.3. The van der Waals surface area contributed by atoms with Crippen molar-refractivity contribution in [3.63, 3.8) is 0 Å². The summed E-state index contributed by atoms with van der Waals surface area (Å²) in [7, 11) is 0. The number of amides is 10. The van der Waals surface area contributed by atoms with E-state index in [0.29, 0.717) is 36.7 Å². The van der Waals surface area contributed by atoms with Gasteiger partial charge in [0.25, 0.3) is 0 Å². The van der Waals surface area contributed by atoms with Crippen LogP contribution in [0.3, 0.4) is 0 Å². The number of nitrogens with two attached hydrogens (primary N) is 2. The highest BCUT2D eigenvalue weighted by molar-refractivity contribution is 5.99. The molecule has 0 radical (unpaired) electrons. The molecule has 1 aliphatic heterocycles. The number of carbonyl (C=O) groups is 11. The van der Waals surface area contributed by atoms with E-state index in [1.807, 2.05) is 0 Å². The second kappa shape index (κ2) is 32.3. The molecule has 1 aliphatic rings. The van der Waals surface area contributed by atoms with Gasteiger partial charge in [0.2, 0.25) is 59.1 Å². The average Bonchev–Trinajstić information content (AvgIpc) is 3.92. The number of phenols is 1. The van der Waals surface area contributed by atoms with Crippen molar-refractivity contribution < 1.29 is 68.1 Å². The van der Waals surface area contributed by atoms with Crippen molar-refractivity contribution in [3.8, 4) is 5.75 Å². The van der Waals surface area contributed by atoms with Crippen LogP contribution in [0.4, 0.5) is 0 Å². The van der Waals surface area contributed by atoms with Gasteiger partial charge in [-0.15, -0.1) is 0 Å². The van der Waals surface area contributed by atoms with Crippen molar-refractivity contribution in [1.82, 2.24) is 47.4 Å². The molecule has 0 spiro atoms. The van der Waals surface area contributed by atoms with Crippen LogP contribution < -0.4 is 54.0 Å². The Morgan fingerprint density at radius 1 is 0.654 bits per heavy atom. The number of aliphatic hydroxyl groups excluding tert-OH is 2. The SMILES string of the molecule is CCC[C@H](NC(=O)[C@H](CC(C)C)NC(=O)[C@H](Cc1ccc(O)cc1)NC(=O)[C@@H](CO)NC(=O)[C@H](Cc1ccccc1)NC(=O)[C@H](C)NC(=O)[C@H](N)CO)C(=O)N1CCC[C@H]1C(=O)N[C@H](C(=O)N[C@@H](C=O)CC(N)=O)[C@@H](C)CC. The molecule has 0 saturated carbocycles. The van der Waals surface area contributed by atoms with E-state index in [4.69, 9.17) is 11.5 Å². The zero-order valence-corrected chi connectivity index (χ0v) is 45.1. The van der Waals surface area contributed by atoms with Crippen molar-refractivity contribution in [3.05, 3.63) is 65.7 Å². The van der Waals surface area contributed by atoms with Gasteiger partial charge in [0.1, 0.15) is 66.4 Å². The number of nitrogens with zero attached hydrogens (tertiary/aromatic N) is 1.